The van der Waals surface area contributed by atoms with Crippen molar-refractivity contribution in [3.63, 3.8) is 0 Å². The number of amides is 1. The highest BCUT2D eigenvalue weighted by Crippen LogP contribution is 2.45. The van der Waals surface area contributed by atoms with Crippen molar-refractivity contribution in [1.82, 2.24) is 5.32 Å². The molecule has 0 fully saturated rings. The second kappa shape index (κ2) is 8.34. The molecule has 2 aliphatic heterocycles. The van der Waals surface area contributed by atoms with E-state index in [2.05, 4.69) is 22.1 Å². The molecule has 2 aromatic rings. The first kappa shape index (κ1) is 20.8. The predicted octanol–water partition coefficient (Wildman–Crippen LogP) is 4.57. The SMILES string of the molecule is COCCCNCc1cc(C2=C/C(=C3\C(=O)Nc4cc(F)ccc43)OC2(C)C)cs1. The molecule has 2 aliphatic rings. The van der Waals surface area contributed by atoms with Crippen molar-refractivity contribution in [3.05, 3.63) is 63.3 Å². The van der Waals surface area contributed by atoms with Crippen molar-refractivity contribution in [2.24, 2.45) is 0 Å². The van der Waals surface area contributed by atoms with Crippen LogP contribution in [0.3, 0.4) is 0 Å². The van der Waals surface area contributed by atoms with Gasteiger partial charge in [0.05, 0.1) is 11.3 Å². The van der Waals surface area contributed by atoms with Gasteiger partial charge in [-0.05, 0) is 68.1 Å². The molecule has 4 rings (SSSR count). The second-order valence-electron chi connectivity index (χ2n) is 7.88. The Morgan fingerprint density at radius 2 is 2.13 bits per heavy atom. The molecular formula is C23H25FN2O3S. The van der Waals surface area contributed by atoms with Crippen LogP contribution in [0.2, 0.25) is 0 Å². The fourth-order valence-electron chi connectivity index (χ4n) is 3.78. The summed E-state index contributed by atoms with van der Waals surface area (Å²) in [6.45, 7) is 6.44. The van der Waals surface area contributed by atoms with Crippen LogP contribution < -0.4 is 10.6 Å². The van der Waals surface area contributed by atoms with Crippen LogP contribution in [0.5, 0.6) is 0 Å². The number of hydrogen-bond acceptors (Lipinski definition) is 5. The number of benzene rings is 1. The van der Waals surface area contributed by atoms with Crippen LogP contribution in [0.1, 0.15) is 36.3 Å². The molecule has 1 aromatic carbocycles. The van der Waals surface area contributed by atoms with E-state index in [-0.39, 0.29) is 11.7 Å². The Morgan fingerprint density at radius 1 is 1.30 bits per heavy atom. The number of nitrogens with one attached hydrogen (secondary N) is 2. The summed E-state index contributed by atoms with van der Waals surface area (Å²) in [6.07, 6.45) is 2.91. The lowest BCUT2D eigenvalue weighted by atomic mass is 9.94. The molecule has 0 atom stereocenters. The van der Waals surface area contributed by atoms with Gasteiger partial charge in [-0.3, -0.25) is 4.79 Å². The number of anilines is 1. The first-order chi connectivity index (χ1) is 14.4. The Hall–Kier alpha value is -2.48. The zero-order chi connectivity index (χ0) is 21.3. The van der Waals surface area contributed by atoms with Crippen molar-refractivity contribution >= 4 is 34.1 Å². The first-order valence-corrected chi connectivity index (χ1v) is 10.8. The number of hydrogen-bond donors (Lipinski definition) is 2. The summed E-state index contributed by atoms with van der Waals surface area (Å²) in [7, 11) is 1.71. The molecule has 0 unspecified atom stereocenters. The summed E-state index contributed by atoms with van der Waals surface area (Å²) in [5, 5.41) is 8.27. The van der Waals surface area contributed by atoms with Gasteiger partial charge in [0, 0.05) is 36.3 Å². The lowest BCUT2D eigenvalue weighted by Crippen LogP contribution is -2.21. The predicted molar refractivity (Wildman–Crippen MR) is 118 cm³/mol. The van der Waals surface area contributed by atoms with Gasteiger partial charge >= 0.3 is 0 Å². The number of carbonyl (C=O) groups excluding carboxylic acids is 1. The molecule has 30 heavy (non-hydrogen) atoms. The Balaban J connectivity index is 1.59. The van der Waals surface area contributed by atoms with E-state index >= 15 is 0 Å². The molecule has 158 valence electrons. The van der Waals surface area contributed by atoms with E-state index < -0.39 is 5.60 Å². The summed E-state index contributed by atoms with van der Waals surface area (Å²) in [6, 6.07) is 6.47. The quantitative estimate of drug-likeness (QED) is 0.501. The molecule has 0 spiro atoms. The van der Waals surface area contributed by atoms with Crippen molar-refractivity contribution in [2.45, 2.75) is 32.4 Å². The van der Waals surface area contributed by atoms with Crippen molar-refractivity contribution < 1.29 is 18.7 Å². The van der Waals surface area contributed by atoms with E-state index in [9.17, 15) is 9.18 Å². The summed E-state index contributed by atoms with van der Waals surface area (Å²) < 4.78 is 24.8. The van der Waals surface area contributed by atoms with E-state index in [4.69, 9.17) is 9.47 Å². The van der Waals surface area contributed by atoms with Gasteiger partial charge in [0.25, 0.3) is 5.91 Å². The topological polar surface area (TPSA) is 59.6 Å². The molecule has 0 saturated heterocycles. The number of ether oxygens (including phenoxy) is 2. The lowest BCUT2D eigenvalue weighted by Gasteiger charge is -2.22. The van der Waals surface area contributed by atoms with Crippen molar-refractivity contribution in [2.75, 3.05) is 25.6 Å². The number of carbonyl (C=O) groups is 1. The third kappa shape index (κ3) is 4.05. The molecule has 1 aromatic heterocycles. The van der Waals surface area contributed by atoms with Crippen molar-refractivity contribution in [3.8, 4) is 0 Å². The maximum Gasteiger partial charge on any atom is 0.260 e. The number of halogens is 1. The van der Waals surface area contributed by atoms with Crippen LogP contribution >= 0.6 is 11.3 Å². The van der Waals surface area contributed by atoms with Gasteiger partial charge in [-0.25, -0.2) is 4.39 Å². The minimum atomic E-state index is -0.574. The van der Waals surface area contributed by atoms with Gasteiger partial charge in [0.1, 0.15) is 17.2 Å². The van der Waals surface area contributed by atoms with Gasteiger partial charge in [-0.15, -0.1) is 11.3 Å². The largest absolute Gasteiger partial charge is 0.482 e. The maximum absolute atomic E-state index is 13.5. The molecule has 0 aliphatic carbocycles. The zero-order valence-corrected chi connectivity index (χ0v) is 18.1. The number of fused-ring (bicyclic) bond motifs is 1. The summed E-state index contributed by atoms with van der Waals surface area (Å²) in [5.74, 6) is -0.140. The molecule has 2 N–H and O–H groups in total. The number of methoxy groups -OCH3 is 1. The van der Waals surface area contributed by atoms with Crippen LogP contribution in [-0.2, 0) is 20.8 Å². The van der Waals surface area contributed by atoms with Crippen molar-refractivity contribution in [1.29, 1.82) is 0 Å². The lowest BCUT2D eigenvalue weighted by molar-refractivity contribution is -0.111. The number of thiophene rings is 1. The van der Waals surface area contributed by atoms with E-state index in [1.807, 2.05) is 19.9 Å². The highest BCUT2D eigenvalue weighted by molar-refractivity contribution is 7.10. The molecule has 0 saturated carbocycles. The fourth-order valence-corrected chi connectivity index (χ4v) is 4.63. The Kier molecular flexibility index (Phi) is 5.77. The Morgan fingerprint density at radius 3 is 2.93 bits per heavy atom. The fraction of sp³-hybridized carbons (Fsp3) is 0.348. The van der Waals surface area contributed by atoms with Gasteiger partial charge < -0.3 is 20.1 Å². The van der Waals surface area contributed by atoms with E-state index in [0.29, 0.717) is 22.6 Å². The third-order valence-electron chi connectivity index (χ3n) is 5.23. The van der Waals surface area contributed by atoms with Gasteiger partial charge in [-0.1, -0.05) is 0 Å². The average Bonchev–Trinajstić information content (AvgIpc) is 3.35. The summed E-state index contributed by atoms with van der Waals surface area (Å²) >= 11 is 1.70. The monoisotopic (exact) mass is 428 g/mol. The summed E-state index contributed by atoms with van der Waals surface area (Å²) in [5.41, 5.74) is 3.13. The summed E-state index contributed by atoms with van der Waals surface area (Å²) in [4.78, 5) is 13.8. The van der Waals surface area contributed by atoms with Crippen LogP contribution in [0.15, 0.2) is 41.5 Å². The number of rotatable bonds is 7. The van der Waals surface area contributed by atoms with Crippen LogP contribution in [0, 0.1) is 5.82 Å². The highest BCUT2D eigenvalue weighted by atomic mass is 32.1. The number of allylic oxidation sites excluding steroid dienone is 1. The maximum atomic E-state index is 13.5. The third-order valence-corrected chi connectivity index (χ3v) is 6.16. The second-order valence-corrected chi connectivity index (χ2v) is 8.87. The molecule has 3 heterocycles. The highest BCUT2D eigenvalue weighted by Gasteiger charge is 2.38. The first-order valence-electron chi connectivity index (χ1n) is 9.93. The average molecular weight is 429 g/mol. The smallest absolute Gasteiger partial charge is 0.260 e. The molecule has 0 bridgehead atoms. The van der Waals surface area contributed by atoms with E-state index in [0.717, 1.165) is 37.3 Å². The van der Waals surface area contributed by atoms with E-state index in [1.165, 1.54) is 17.0 Å². The normalized spacial score (nSPS) is 19.5. The molecule has 7 heteroatoms. The molecule has 1 amide bonds. The minimum absolute atomic E-state index is 0.273. The Labute approximate surface area is 179 Å². The van der Waals surface area contributed by atoms with Crippen LogP contribution in [0.4, 0.5) is 10.1 Å². The van der Waals surface area contributed by atoms with Crippen LogP contribution in [0.25, 0.3) is 11.1 Å². The standard InChI is InChI=1S/C23H25FN2O3S/c1-23(2)18(14-9-16(30-13-14)12-25-7-4-8-28-3)11-20(29-23)21-17-6-5-15(24)10-19(17)26-22(21)27/h5-6,9-11,13,25H,4,7-8,12H2,1-3H3,(H,26,27)/b21-20+. The zero-order valence-electron chi connectivity index (χ0n) is 17.3. The van der Waals surface area contributed by atoms with Gasteiger partial charge in [-0.2, -0.15) is 0 Å². The van der Waals surface area contributed by atoms with Crippen LogP contribution in [-0.4, -0.2) is 31.8 Å². The van der Waals surface area contributed by atoms with Gasteiger partial charge in [0.15, 0.2) is 0 Å². The van der Waals surface area contributed by atoms with E-state index in [1.54, 1.807) is 24.5 Å². The minimum Gasteiger partial charge on any atom is -0.482 e. The Bertz CT molecular complexity index is 1040. The molecular weight excluding hydrogens is 403 g/mol. The molecule has 0 radical (unpaired) electrons. The molecule has 5 nitrogen and oxygen atoms in total. The van der Waals surface area contributed by atoms with Gasteiger partial charge in [0.2, 0.25) is 0 Å².